The molecule has 2 aromatic carbocycles. The van der Waals surface area contributed by atoms with Crippen LogP contribution in [0.1, 0.15) is 33.8 Å². The van der Waals surface area contributed by atoms with Gasteiger partial charge in [0.2, 0.25) is 5.82 Å². The monoisotopic (exact) mass is 428 g/mol. The fourth-order valence-electron chi connectivity index (χ4n) is 3.68. The second-order valence-electron chi connectivity index (χ2n) is 7.52. The van der Waals surface area contributed by atoms with Gasteiger partial charge in [0.25, 0.3) is 17.7 Å². The van der Waals surface area contributed by atoms with Crippen LogP contribution in [-0.2, 0) is 0 Å². The van der Waals surface area contributed by atoms with Crippen molar-refractivity contribution >= 4 is 17.5 Å². The van der Waals surface area contributed by atoms with E-state index in [9.17, 15) is 9.59 Å². The summed E-state index contributed by atoms with van der Waals surface area (Å²) in [5, 5.41) is 6.85. The summed E-state index contributed by atoms with van der Waals surface area (Å²) in [5.41, 5.74) is 2.54. The Bertz CT molecular complexity index is 1260. The van der Waals surface area contributed by atoms with Gasteiger partial charge in [0.1, 0.15) is 0 Å². The lowest BCUT2D eigenvalue weighted by Gasteiger charge is -2.15. The number of rotatable bonds is 5. The Labute approximate surface area is 183 Å². The number of furan rings is 1. The highest BCUT2D eigenvalue weighted by Gasteiger charge is 2.20. The number of nitrogens with zero attached hydrogens (tertiary/aromatic N) is 3. The lowest BCUT2D eigenvalue weighted by Crippen LogP contribution is -2.27. The second-order valence-corrected chi connectivity index (χ2v) is 7.52. The first-order valence-electron chi connectivity index (χ1n) is 10.4. The smallest absolute Gasteiger partial charge is 0.291 e. The number of benzene rings is 2. The summed E-state index contributed by atoms with van der Waals surface area (Å²) in [7, 11) is 0. The minimum atomic E-state index is -0.349. The molecule has 1 aliphatic heterocycles. The molecule has 0 bridgehead atoms. The van der Waals surface area contributed by atoms with E-state index in [1.165, 1.54) is 6.26 Å². The predicted octanol–water partition coefficient (Wildman–Crippen LogP) is 4.48. The third-order valence-electron chi connectivity index (χ3n) is 5.30. The van der Waals surface area contributed by atoms with E-state index in [1.54, 1.807) is 42.5 Å². The van der Waals surface area contributed by atoms with Crippen LogP contribution in [0, 0.1) is 0 Å². The molecular formula is C24H20N4O4. The molecule has 32 heavy (non-hydrogen) atoms. The maximum Gasteiger partial charge on any atom is 0.291 e. The van der Waals surface area contributed by atoms with Crippen LogP contribution >= 0.6 is 0 Å². The van der Waals surface area contributed by atoms with E-state index >= 15 is 0 Å². The molecule has 4 aromatic rings. The zero-order valence-corrected chi connectivity index (χ0v) is 17.2. The fraction of sp³-hybridized carbons (Fsp3) is 0.167. The first kappa shape index (κ1) is 19.7. The highest BCUT2D eigenvalue weighted by molar-refractivity contribution is 6.02. The molecule has 8 nitrogen and oxygen atoms in total. The Morgan fingerprint density at radius 2 is 1.75 bits per heavy atom. The highest BCUT2D eigenvalue weighted by atomic mass is 16.5. The average Bonchev–Trinajstić information content (AvgIpc) is 3.61. The lowest BCUT2D eigenvalue weighted by atomic mass is 10.1. The van der Waals surface area contributed by atoms with Crippen molar-refractivity contribution in [2.45, 2.75) is 12.8 Å². The Morgan fingerprint density at radius 3 is 2.56 bits per heavy atom. The maximum absolute atomic E-state index is 12.7. The highest BCUT2D eigenvalue weighted by Crippen LogP contribution is 2.26. The number of carbonyl (C=O) groups is 2. The average molecular weight is 428 g/mol. The molecule has 0 atom stereocenters. The zero-order valence-electron chi connectivity index (χ0n) is 17.2. The summed E-state index contributed by atoms with van der Waals surface area (Å²) in [6, 6.07) is 17.6. The summed E-state index contributed by atoms with van der Waals surface area (Å²) in [6.45, 7) is 1.59. The van der Waals surface area contributed by atoms with E-state index in [-0.39, 0.29) is 17.6 Å². The van der Waals surface area contributed by atoms with Crippen LogP contribution in [0.15, 0.2) is 75.9 Å². The van der Waals surface area contributed by atoms with Crippen molar-refractivity contribution in [3.63, 3.8) is 0 Å². The fourth-order valence-corrected chi connectivity index (χ4v) is 3.68. The summed E-state index contributed by atoms with van der Waals surface area (Å²) < 4.78 is 10.6. The van der Waals surface area contributed by atoms with Crippen molar-refractivity contribution in [1.82, 2.24) is 15.0 Å². The van der Waals surface area contributed by atoms with Crippen LogP contribution in [0.5, 0.6) is 0 Å². The lowest BCUT2D eigenvalue weighted by molar-refractivity contribution is 0.0792. The van der Waals surface area contributed by atoms with E-state index in [0.29, 0.717) is 34.1 Å². The van der Waals surface area contributed by atoms with Crippen molar-refractivity contribution < 1.29 is 18.5 Å². The van der Waals surface area contributed by atoms with Gasteiger partial charge < -0.3 is 19.2 Å². The maximum atomic E-state index is 12.7. The van der Waals surface area contributed by atoms with Gasteiger partial charge in [-0.3, -0.25) is 9.59 Å². The minimum Gasteiger partial charge on any atom is -0.459 e. The van der Waals surface area contributed by atoms with Crippen molar-refractivity contribution in [2.24, 2.45) is 0 Å². The second kappa shape index (κ2) is 8.50. The molecule has 1 aliphatic rings. The Hall–Kier alpha value is -4.20. The Balaban J connectivity index is 1.35. The van der Waals surface area contributed by atoms with Gasteiger partial charge in [0.05, 0.1) is 6.26 Å². The number of aromatic nitrogens is 2. The number of hydrogen-bond acceptors (Lipinski definition) is 6. The SMILES string of the molecule is O=C(Nc1cccc(-c2nc(-c3cccc(C(=O)N4CCCC4)c3)no2)c1)c1ccco1. The molecule has 3 heterocycles. The van der Waals surface area contributed by atoms with Crippen molar-refractivity contribution in [1.29, 1.82) is 0 Å². The van der Waals surface area contributed by atoms with Gasteiger partial charge in [0, 0.05) is 35.5 Å². The molecule has 0 spiro atoms. The van der Waals surface area contributed by atoms with Gasteiger partial charge in [-0.2, -0.15) is 4.98 Å². The number of hydrogen-bond donors (Lipinski definition) is 1. The normalized spacial score (nSPS) is 13.3. The topological polar surface area (TPSA) is 101 Å². The molecule has 0 saturated carbocycles. The van der Waals surface area contributed by atoms with Crippen LogP contribution in [0.4, 0.5) is 5.69 Å². The molecule has 0 radical (unpaired) electrons. The molecular weight excluding hydrogens is 408 g/mol. The van der Waals surface area contributed by atoms with Gasteiger partial charge in [-0.05, 0) is 55.3 Å². The Kier molecular flexibility index (Phi) is 5.25. The quantitative estimate of drug-likeness (QED) is 0.503. The number of nitrogens with one attached hydrogen (secondary N) is 1. The summed E-state index contributed by atoms with van der Waals surface area (Å²) in [5.74, 6) is 0.594. The predicted molar refractivity (Wildman–Crippen MR) is 117 cm³/mol. The molecule has 1 fully saturated rings. The van der Waals surface area contributed by atoms with E-state index < -0.39 is 0 Å². The van der Waals surface area contributed by atoms with E-state index in [0.717, 1.165) is 25.9 Å². The van der Waals surface area contributed by atoms with Crippen molar-refractivity contribution in [3.05, 3.63) is 78.3 Å². The van der Waals surface area contributed by atoms with Crippen LogP contribution in [-0.4, -0.2) is 39.9 Å². The first-order chi connectivity index (χ1) is 15.7. The molecule has 5 rings (SSSR count). The summed E-state index contributed by atoms with van der Waals surface area (Å²) in [6.07, 6.45) is 3.53. The number of carbonyl (C=O) groups excluding carboxylic acids is 2. The van der Waals surface area contributed by atoms with E-state index in [4.69, 9.17) is 8.94 Å². The van der Waals surface area contributed by atoms with Crippen molar-refractivity contribution in [3.8, 4) is 22.8 Å². The van der Waals surface area contributed by atoms with Crippen LogP contribution in [0.25, 0.3) is 22.8 Å². The van der Waals surface area contributed by atoms with Gasteiger partial charge in [-0.1, -0.05) is 23.4 Å². The number of likely N-dealkylation sites (tertiary alicyclic amines) is 1. The molecule has 1 N–H and O–H groups in total. The third kappa shape index (κ3) is 4.02. The third-order valence-corrected chi connectivity index (χ3v) is 5.30. The Morgan fingerprint density at radius 1 is 0.938 bits per heavy atom. The minimum absolute atomic E-state index is 0.0214. The zero-order chi connectivity index (χ0) is 21.9. The van der Waals surface area contributed by atoms with Crippen molar-refractivity contribution in [2.75, 3.05) is 18.4 Å². The molecule has 1 saturated heterocycles. The van der Waals surface area contributed by atoms with Gasteiger partial charge >= 0.3 is 0 Å². The van der Waals surface area contributed by atoms with Crippen LogP contribution < -0.4 is 5.32 Å². The van der Waals surface area contributed by atoms with E-state index in [1.807, 2.05) is 23.1 Å². The summed E-state index contributed by atoms with van der Waals surface area (Å²) >= 11 is 0. The number of anilines is 1. The molecule has 2 aromatic heterocycles. The van der Waals surface area contributed by atoms with Gasteiger partial charge in [-0.15, -0.1) is 0 Å². The van der Waals surface area contributed by atoms with Gasteiger partial charge in [0.15, 0.2) is 5.76 Å². The number of amides is 2. The molecule has 0 unspecified atom stereocenters. The first-order valence-corrected chi connectivity index (χ1v) is 10.4. The summed E-state index contributed by atoms with van der Waals surface area (Å²) in [4.78, 5) is 31.2. The molecule has 160 valence electrons. The molecule has 8 heteroatoms. The molecule has 2 amide bonds. The standard InChI is InChI=1S/C24H20N4O4/c29-22(20-10-5-13-31-20)25-19-9-4-7-17(15-19)23-26-21(27-32-23)16-6-3-8-18(14-16)24(30)28-11-1-2-12-28/h3-10,13-15H,1-2,11-12H2,(H,25,29). The van der Waals surface area contributed by atoms with E-state index in [2.05, 4.69) is 15.5 Å². The van der Waals surface area contributed by atoms with Crippen LogP contribution in [0.3, 0.4) is 0 Å². The molecule has 0 aliphatic carbocycles. The van der Waals surface area contributed by atoms with Gasteiger partial charge in [-0.25, -0.2) is 0 Å². The van der Waals surface area contributed by atoms with Crippen LogP contribution in [0.2, 0.25) is 0 Å². The largest absolute Gasteiger partial charge is 0.459 e.